The average Bonchev–Trinajstić information content (AvgIpc) is 2.76. The number of hydrogen-bond acceptors (Lipinski definition) is 2. The molecule has 3 rings (SSSR count). The molecule has 1 N–H and O–H groups in total. The van der Waals surface area contributed by atoms with Gasteiger partial charge in [0.15, 0.2) is 0 Å². The average molecular weight is 272 g/mol. The Kier molecular flexibility index (Phi) is 2.05. The van der Waals surface area contributed by atoms with Crippen LogP contribution in [0, 0.1) is 12.8 Å². The number of fused-ring (bicyclic) bond motifs is 3. The number of nitrogens with one attached hydrogen (secondary N) is 1. The summed E-state index contributed by atoms with van der Waals surface area (Å²) in [4.78, 5) is 3.10. The van der Waals surface area contributed by atoms with Gasteiger partial charge < -0.3 is 5.32 Å². The summed E-state index contributed by atoms with van der Waals surface area (Å²) in [5.41, 5.74) is 1.61. The van der Waals surface area contributed by atoms with E-state index in [1.807, 2.05) is 11.3 Å². The van der Waals surface area contributed by atoms with Crippen molar-refractivity contribution in [3.8, 4) is 0 Å². The minimum absolute atomic E-state index is 0.740. The molecular weight excluding hydrogens is 258 g/mol. The van der Waals surface area contributed by atoms with Gasteiger partial charge in [0.05, 0.1) is 0 Å². The minimum atomic E-state index is 0.740. The Balaban J connectivity index is 2.16. The highest BCUT2D eigenvalue weighted by atomic mass is 79.9. The summed E-state index contributed by atoms with van der Waals surface area (Å²) in [6.45, 7) is 7.00. The van der Waals surface area contributed by atoms with Crippen LogP contribution in [0.15, 0.2) is 4.47 Å². The summed E-state index contributed by atoms with van der Waals surface area (Å²) in [6.07, 6.45) is 0. The SMILES string of the molecule is Cc1sc2c(c1Br)C(C)C1CNCC21. The first-order valence-electron chi connectivity index (χ1n) is 5.19. The van der Waals surface area contributed by atoms with Crippen LogP contribution in [0.5, 0.6) is 0 Å². The maximum atomic E-state index is 3.74. The molecule has 2 heterocycles. The quantitative estimate of drug-likeness (QED) is 0.764. The Morgan fingerprint density at radius 3 is 3.00 bits per heavy atom. The summed E-state index contributed by atoms with van der Waals surface area (Å²) < 4.78 is 1.39. The fraction of sp³-hybridized carbons (Fsp3) is 0.636. The molecule has 3 heteroatoms. The summed E-state index contributed by atoms with van der Waals surface area (Å²) in [5, 5.41) is 3.52. The Morgan fingerprint density at radius 2 is 2.21 bits per heavy atom. The number of hydrogen-bond donors (Lipinski definition) is 1. The molecule has 0 aromatic carbocycles. The van der Waals surface area contributed by atoms with Crippen LogP contribution in [-0.2, 0) is 0 Å². The molecule has 0 spiro atoms. The fourth-order valence-corrected chi connectivity index (χ4v) is 5.27. The van der Waals surface area contributed by atoms with Crippen LogP contribution in [0.2, 0.25) is 0 Å². The highest BCUT2D eigenvalue weighted by Crippen LogP contribution is 2.54. The number of halogens is 1. The lowest BCUT2D eigenvalue weighted by molar-refractivity contribution is 0.487. The molecule has 3 unspecified atom stereocenters. The highest BCUT2D eigenvalue weighted by Gasteiger charge is 2.43. The number of rotatable bonds is 0. The molecule has 0 amide bonds. The molecule has 3 atom stereocenters. The Bertz CT molecular complexity index is 385. The second-order valence-corrected chi connectivity index (χ2v) is 6.52. The van der Waals surface area contributed by atoms with Gasteiger partial charge in [-0.05, 0) is 46.8 Å². The zero-order valence-electron chi connectivity index (χ0n) is 8.43. The first-order valence-corrected chi connectivity index (χ1v) is 6.80. The molecule has 1 nitrogen and oxygen atoms in total. The largest absolute Gasteiger partial charge is 0.316 e. The lowest BCUT2D eigenvalue weighted by atomic mass is 9.91. The van der Waals surface area contributed by atoms with Crippen LogP contribution in [0.25, 0.3) is 0 Å². The van der Waals surface area contributed by atoms with E-state index >= 15 is 0 Å². The lowest BCUT2D eigenvalue weighted by Gasteiger charge is -2.14. The summed E-state index contributed by atoms with van der Waals surface area (Å²) in [5.74, 6) is 2.40. The van der Waals surface area contributed by atoms with E-state index in [9.17, 15) is 0 Å². The van der Waals surface area contributed by atoms with Crippen molar-refractivity contribution in [2.75, 3.05) is 13.1 Å². The van der Waals surface area contributed by atoms with E-state index in [1.165, 1.54) is 22.4 Å². The lowest BCUT2D eigenvalue weighted by Crippen LogP contribution is -2.12. The van der Waals surface area contributed by atoms with Crippen molar-refractivity contribution in [1.29, 1.82) is 0 Å². The maximum Gasteiger partial charge on any atom is 0.0349 e. The van der Waals surface area contributed by atoms with Gasteiger partial charge in [0.2, 0.25) is 0 Å². The molecule has 1 aliphatic heterocycles. The van der Waals surface area contributed by atoms with E-state index in [2.05, 4.69) is 35.1 Å². The fourth-order valence-electron chi connectivity index (χ4n) is 2.99. The molecule has 0 radical (unpaired) electrons. The third-order valence-electron chi connectivity index (χ3n) is 3.77. The summed E-state index contributed by atoms with van der Waals surface area (Å²) in [6, 6.07) is 0. The molecule has 14 heavy (non-hydrogen) atoms. The zero-order valence-corrected chi connectivity index (χ0v) is 10.8. The van der Waals surface area contributed by atoms with Crippen LogP contribution < -0.4 is 5.32 Å². The molecule has 1 aliphatic carbocycles. The molecule has 1 fully saturated rings. The van der Waals surface area contributed by atoms with E-state index in [0.29, 0.717) is 0 Å². The first kappa shape index (κ1) is 9.37. The van der Waals surface area contributed by atoms with E-state index in [1.54, 1.807) is 10.4 Å². The second kappa shape index (κ2) is 3.06. The minimum Gasteiger partial charge on any atom is -0.316 e. The van der Waals surface area contributed by atoms with Crippen molar-refractivity contribution in [3.63, 3.8) is 0 Å². The molecule has 1 saturated heterocycles. The van der Waals surface area contributed by atoms with Crippen molar-refractivity contribution in [2.45, 2.75) is 25.7 Å². The zero-order chi connectivity index (χ0) is 9.87. The van der Waals surface area contributed by atoms with Crippen molar-refractivity contribution in [1.82, 2.24) is 5.32 Å². The number of aryl methyl sites for hydroxylation is 1. The third-order valence-corrected chi connectivity index (χ3v) is 6.31. The standard InChI is InChI=1S/C11H14BrNS/c1-5-7-3-13-4-8(7)11-9(5)10(12)6(2)14-11/h5,7-8,13H,3-4H2,1-2H3. The highest BCUT2D eigenvalue weighted by molar-refractivity contribution is 9.10. The molecule has 1 aromatic heterocycles. The van der Waals surface area contributed by atoms with Gasteiger partial charge in [-0.25, -0.2) is 0 Å². The second-order valence-electron chi connectivity index (χ2n) is 4.47. The van der Waals surface area contributed by atoms with Crippen molar-refractivity contribution in [2.24, 2.45) is 5.92 Å². The maximum absolute atomic E-state index is 3.74. The van der Waals surface area contributed by atoms with Gasteiger partial charge in [0.25, 0.3) is 0 Å². The predicted octanol–water partition coefficient (Wildman–Crippen LogP) is 3.24. The Labute approximate surface area is 97.0 Å². The molecular formula is C11H14BrNS. The smallest absolute Gasteiger partial charge is 0.0349 e. The van der Waals surface area contributed by atoms with Crippen molar-refractivity contribution >= 4 is 27.3 Å². The predicted molar refractivity (Wildman–Crippen MR) is 64.3 cm³/mol. The third kappa shape index (κ3) is 1.04. The molecule has 0 saturated carbocycles. The Hall–Kier alpha value is 0.140. The summed E-state index contributed by atoms with van der Waals surface area (Å²) >= 11 is 5.74. The number of thiophene rings is 1. The first-order chi connectivity index (χ1) is 6.70. The van der Waals surface area contributed by atoms with Crippen LogP contribution >= 0.6 is 27.3 Å². The van der Waals surface area contributed by atoms with E-state index in [-0.39, 0.29) is 0 Å². The normalized spacial score (nSPS) is 34.6. The van der Waals surface area contributed by atoms with Gasteiger partial charge in [0.1, 0.15) is 0 Å². The summed E-state index contributed by atoms with van der Waals surface area (Å²) in [7, 11) is 0. The van der Waals surface area contributed by atoms with Crippen molar-refractivity contribution in [3.05, 3.63) is 19.8 Å². The monoisotopic (exact) mass is 271 g/mol. The van der Waals surface area contributed by atoms with Crippen LogP contribution in [0.3, 0.4) is 0 Å². The van der Waals surface area contributed by atoms with Crippen LogP contribution in [0.4, 0.5) is 0 Å². The van der Waals surface area contributed by atoms with Crippen LogP contribution in [0.1, 0.15) is 34.1 Å². The van der Waals surface area contributed by atoms with Gasteiger partial charge >= 0.3 is 0 Å². The molecule has 0 bridgehead atoms. The van der Waals surface area contributed by atoms with Gasteiger partial charge in [0, 0.05) is 26.7 Å². The van der Waals surface area contributed by atoms with E-state index < -0.39 is 0 Å². The van der Waals surface area contributed by atoms with Crippen LogP contribution in [-0.4, -0.2) is 13.1 Å². The Morgan fingerprint density at radius 1 is 1.43 bits per heavy atom. The van der Waals surface area contributed by atoms with E-state index in [4.69, 9.17) is 0 Å². The molecule has 2 aliphatic rings. The van der Waals surface area contributed by atoms with Gasteiger partial charge in [-0.15, -0.1) is 11.3 Å². The van der Waals surface area contributed by atoms with Crippen molar-refractivity contribution < 1.29 is 0 Å². The molecule has 76 valence electrons. The molecule has 1 aromatic rings. The topological polar surface area (TPSA) is 12.0 Å². The van der Waals surface area contributed by atoms with Gasteiger partial charge in [-0.1, -0.05) is 6.92 Å². The van der Waals surface area contributed by atoms with Gasteiger partial charge in [-0.2, -0.15) is 0 Å². The van der Waals surface area contributed by atoms with E-state index in [0.717, 1.165) is 17.8 Å². The van der Waals surface area contributed by atoms with Gasteiger partial charge in [-0.3, -0.25) is 0 Å².